The van der Waals surface area contributed by atoms with Crippen molar-refractivity contribution in [3.05, 3.63) is 11.7 Å². The number of aryl methyl sites for hydroxylation is 1. The van der Waals surface area contributed by atoms with Crippen LogP contribution in [0.1, 0.15) is 31.5 Å². The molecular weight excluding hydrogens is 230 g/mol. The Balaban J connectivity index is 1.72. The smallest absolute Gasteiger partial charge is 0.228 e. The molecule has 0 bridgehead atoms. The fourth-order valence-electron chi connectivity index (χ4n) is 1.59. The first-order valence-corrected chi connectivity index (χ1v) is 6.59. The number of hydrogen-bond donors (Lipinski definition) is 2. The number of nitrogens with one attached hydrogen (secondary N) is 2. The van der Waals surface area contributed by atoms with E-state index < -0.39 is 0 Å². The predicted molar refractivity (Wildman–Crippen MR) is 69.4 cm³/mol. The van der Waals surface area contributed by atoms with E-state index in [9.17, 15) is 0 Å². The van der Waals surface area contributed by atoms with Crippen molar-refractivity contribution in [1.82, 2.24) is 20.8 Å². The number of rotatable bonds is 6. The fourth-order valence-corrected chi connectivity index (χ4v) is 1.59. The number of hydrogen-bond acceptors (Lipinski definition) is 4. The second kappa shape index (κ2) is 6.37. The van der Waals surface area contributed by atoms with Crippen LogP contribution in [0.15, 0.2) is 9.52 Å². The van der Waals surface area contributed by atoms with E-state index in [2.05, 4.69) is 32.7 Å². The summed E-state index contributed by atoms with van der Waals surface area (Å²) in [5, 5.41) is 10.3. The molecule has 0 atom stereocenters. The third-order valence-electron chi connectivity index (χ3n) is 2.75. The molecule has 0 radical (unpaired) electrons. The van der Waals surface area contributed by atoms with E-state index in [1.54, 1.807) is 0 Å². The largest absolute Gasteiger partial charge is 0.357 e. The van der Waals surface area contributed by atoms with Crippen LogP contribution in [0.3, 0.4) is 0 Å². The molecule has 1 aromatic rings. The maximum Gasteiger partial charge on any atom is 0.228 e. The first-order valence-electron chi connectivity index (χ1n) is 6.59. The maximum atomic E-state index is 5.05. The quantitative estimate of drug-likeness (QED) is 0.580. The lowest BCUT2D eigenvalue weighted by molar-refractivity contribution is 0.374. The SMILES string of the molecule is CCNC(=NCC1CC1)NCCc1nc(C)no1. The number of guanidine groups is 1. The summed E-state index contributed by atoms with van der Waals surface area (Å²) in [6, 6.07) is 0. The van der Waals surface area contributed by atoms with Crippen molar-refractivity contribution in [1.29, 1.82) is 0 Å². The molecule has 0 aliphatic heterocycles. The molecule has 6 heteroatoms. The van der Waals surface area contributed by atoms with Crippen LogP contribution in [0.2, 0.25) is 0 Å². The van der Waals surface area contributed by atoms with Gasteiger partial charge in [0.15, 0.2) is 11.8 Å². The Morgan fingerprint density at radius 1 is 1.44 bits per heavy atom. The standard InChI is InChI=1S/C12H21N5O/c1-3-13-12(15-8-10-4-5-10)14-7-6-11-16-9(2)17-18-11/h10H,3-8H2,1-2H3,(H2,13,14,15). The number of nitrogens with zero attached hydrogens (tertiary/aromatic N) is 3. The molecule has 6 nitrogen and oxygen atoms in total. The predicted octanol–water partition coefficient (Wildman–Crippen LogP) is 0.886. The Hall–Kier alpha value is -1.59. The van der Waals surface area contributed by atoms with Gasteiger partial charge in [0.1, 0.15) is 0 Å². The third-order valence-corrected chi connectivity index (χ3v) is 2.75. The topological polar surface area (TPSA) is 75.3 Å². The molecule has 0 saturated heterocycles. The Morgan fingerprint density at radius 3 is 2.89 bits per heavy atom. The van der Waals surface area contributed by atoms with Gasteiger partial charge in [-0.2, -0.15) is 4.98 Å². The Morgan fingerprint density at radius 2 is 2.28 bits per heavy atom. The monoisotopic (exact) mass is 251 g/mol. The minimum absolute atomic E-state index is 0.665. The van der Waals surface area contributed by atoms with Crippen molar-refractivity contribution in [3.8, 4) is 0 Å². The fraction of sp³-hybridized carbons (Fsp3) is 0.750. The van der Waals surface area contributed by atoms with Gasteiger partial charge in [-0.3, -0.25) is 4.99 Å². The summed E-state index contributed by atoms with van der Waals surface area (Å²) >= 11 is 0. The second-order valence-electron chi connectivity index (χ2n) is 4.58. The highest BCUT2D eigenvalue weighted by atomic mass is 16.5. The van der Waals surface area contributed by atoms with Gasteiger partial charge in [0.05, 0.1) is 0 Å². The Bertz CT molecular complexity index is 397. The van der Waals surface area contributed by atoms with Gasteiger partial charge in [-0.15, -0.1) is 0 Å². The van der Waals surface area contributed by atoms with Crippen LogP contribution in [0, 0.1) is 12.8 Å². The average Bonchev–Trinajstić information content (AvgIpc) is 3.09. The van der Waals surface area contributed by atoms with Crippen LogP contribution in [0.5, 0.6) is 0 Å². The normalized spacial score (nSPS) is 15.8. The van der Waals surface area contributed by atoms with Crippen molar-refractivity contribution >= 4 is 5.96 Å². The first-order chi connectivity index (χ1) is 8.78. The lowest BCUT2D eigenvalue weighted by Crippen LogP contribution is -2.38. The lowest BCUT2D eigenvalue weighted by Gasteiger charge is -2.09. The van der Waals surface area contributed by atoms with Crippen LogP contribution < -0.4 is 10.6 Å². The van der Waals surface area contributed by atoms with E-state index in [4.69, 9.17) is 4.52 Å². The van der Waals surface area contributed by atoms with Crippen LogP contribution in [-0.4, -0.2) is 35.7 Å². The zero-order valence-corrected chi connectivity index (χ0v) is 11.1. The van der Waals surface area contributed by atoms with Crippen molar-refractivity contribution in [2.45, 2.75) is 33.1 Å². The first kappa shape index (κ1) is 12.9. The van der Waals surface area contributed by atoms with Gasteiger partial charge in [0.2, 0.25) is 5.89 Å². The molecule has 2 rings (SSSR count). The van der Waals surface area contributed by atoms with Crippen molar-refractivity contribution in [2.24, 2.45) is 10.9 Å². The van der Waals surface area contributed by atoms with Gasteiger partial charge in [-0.1, -0.05) is 5.16 Å². The van der Waals surface area contributed by atoms with Crippen LogP contribution >= 0.6 is 0 Å². The molecule has 1 saturated carbocycles. The molecule has 1 fully saturated rings. The third kappa shape index (κ3) is 4.35. The molecule has 0 amide bonds. The lowest BCUT2D eigenvalue weighted by atomic mass is 10.4. The van der Waals surface area contributed by atoms with Crippen molar-refractivity contribution in [3.63, 3.8) is 0 Å². The van der Waals surface area contributed by atoms with E-state index in [-0.39, 0.29) is 0 Å². The number of aromatic nitrogens is 2. The van der Waals surface area contributed by atoms with Crippen molar-refractivity contribution in [2.75, 3.05) is 19.6 Å². The molecule has 0 unspecified atom stereocenters. The highest BCUT2D eigenvalue weighted by Crippen LogP contribution is 2.28. The minimum atomic E-state index is 0.665. The number of aliphatic imine (C=N–C) groups is 1. The van der Waals surface area contributed by atoms with Crippen LogP contribution in [0.25, 0.3) is 0 Å². The average molecular weight is 251 g/mol. The van der Waals surface area contributed by atoms with Gasteiger partial charge in [-0.05, 0) is 32.6 Å². The van der Waals surface area contributed by atoms with Crippen LogP contribution in [-0.2, 0) is 6.42 Å². The maximum absolute atomic E-state index is 5.05. The highest BCUT2D eigenvalue weighted by molar-refractivity contribution is 5.79. The zero-order valence-electron chi connectivity index (χ0n) is 11.1. The van der Waals surface area contributed by atoms with E-state index in [1.807, 2.05) is 6.92 Å². The van der Waals surface area contributed by atoms with Gasteiger partial charge in [0.25, 0.3) is 0 Å². The molecule has 100 valence electrons. The van der Waals surface area contributed by atoms with E-state index in [0.29, 0.717) is 18.1 Å². The van der Waals surface area contributed by atoms with Crippen molar-refractivity contribution < 1.29 is 4.52 Å². The van der Waals surface area contributed by atoms with Gasteiger partial charge in [0, 0.05) is 26.1 Å². The zero-order chi connectivity index (χ0) is 12.8. The molecule has 1 heterocycles. The minimum Gasteiger partial charge on any atom is -0.357 e. The summed E-state index contributed by atoms with van der Waals surface area (Å²) < 4.78 is 5.05. The van der Waals surface area contributed by atoms with E-state index >= 15 is 0 Å². The molecule has 18 heavy (non-hydrogen) atoms. The van der Waals surface area contributed by atoms with Crippen LogP contribution in [0.4, 0.5) is 0 Å². The summed E-state index contributed by atoms with van der Waals surface area (Å²) in [6.45, 7) is 6.43. The summed E-state index contributed by atoms with van der Waals surface area (Å²) in [7, 11) is 0. The van der Waals surface area contributed by atoms with Gasteiger partial charge >= 0.3 is 0 Å². The van der Waals surface area contributed by atoms with Gasteiger partial charge in [-0.25, -0.2) is 0 Å². The summed E-state index contributed by atoms with van der Waals surface area (Å²) in [4.78, 5) is 8.70. The summed E-state index contributed by atoms with van der Waals surface area (Å²) in [5.41, 5.74) is 0. The molecule has 0 aromatic carbocycles. The molecule has 0 spiro atoms. The molecule has 1 aliphatic carbocycles. The second-order valence-corrected chi connectivity index (χ2v) is 4.58. The highest BCUT2D eigenvalue weighted by Gasteiger charge is 2.20. The molecule has 1 aliphatic rings. The molecule has 2 N–H and O–H groups in total. The van der Waals surface area contributed by atoms with E-state index in [0.717, 1.165) is 31.5 Å². The Kier molecular flexibility index (Phi) is 4.55. The Labute approximate surface area is 107 Å². The van der Waals surface area contributed by atoms with Gasteiger partial charge < -0.3 is 15.2 Å². The van der Waals surface area contributed by atoms with E-state index in [1.165, 1.54) is 12.8 Å². The summed E-state index contributed by atoms with van der Waals surface area (Å²) in [5.74, 6) is 3.03. The molecular formula is C12H21N5O. The summed E-state index contributed by atoms with van der Waals surface area (Å²) in [6.07, 6.45) is 3.36. The molecule has 1 aromatic heterocycles.